The van der Waals surface area contributed by atoms with Gasteiger partial charge in [-0.15, -0.1) is 0 Å². The highest BCUT2D eigenvalue weighted by Crippen LogP contribution is 2.38. The van der Waals surface area contributed by atoms with Crippen LogP contribution in [-0.2, 0) is 4.74 Å². The molecule has 3 aromatic rings. The van der Waals surface area contributed by atoms with E-state index in [2.05, 4.69) is 25.0 Å². The molecule has 1 saturated heterocycles. The van der Waals surface area contributed by atoms with Gasteiger partial charge < -0.3 is 20.3 Å². The van der Waals surface area contributed by atoms with Crippen molar-refractivity contribution in [3.63, 3.8) is 0 Å². The standard InChI is InChI=1S/C27H37F2N9O2S/c1-17-22-23(31-18-3-5-20(6-4-18)36-11-13-37(14-12-36)26(39)40-2)33-25(34-24(22)41-35-17)32-19-15-30-38(16-19)21-7-9-27(28,29)10-8-21/h15-16,18,20-21H,3-14H2,1-2H3,(H2,31,32,33,34). The van der Waals surface area contributed by atoms with Crippen molar-refractivity contribution in [1.82, 2.24) is 33.9 Å². The van der Waals surface area contributed by atoms with E-state index >= 15 is 0 Å². The van der Waals surface area contributed by atoms with Crippen LogP contribution >= 0.6 is 11.5 Å². The highest BCUT2D eigenvalue weighted by atomic mass is 32.1. The van der Waals surface area contributed by atoms with Crippen LogP contribution < -0.4 is 10.6 Å². The van der Waals surface area contributed by atoms with Gasteiger partial charge in [0.05, 0.1) is 36.1 Å². The SMILES string of the molecule is COC(=O)N1CCN(C2CCC(Nc3nc(Nc4cnn(C5CCC(F)(F)CC5)c4)nc4snc(C)c34)CC2)CC1. The fourth-order valence-corrected chi connectivity index (χ4v) is 7.13. The first-order valence-electron chi connectivity index (χ1n) is 14.4. The number of hydrogen-bond donors (Lipinski definition) is 2. The zero-order chi connectivity index (χ0) is 28.6. The third-order valence-corrected chi connectivity index (χ3v) is 9.56. The maximum atomic E-state index is 13.6. The van der Waals surface area contributed by atoms with Crippen LogP contribution in [0.4, 0.5) is 31.0 Å². The first-order chi connectivity index (χ1) is 19.8. The summed E-state index contributed by atoms with van der Waals surface area (Å²) in [4.78, 5) is 26.4. The molecule has 4 heterocycles. The van der Waals surface area contributed by atoms with Crippen molar-refractivity contribution in [3.05, 3.63) is 18.1 Å². The molecule has 2 N–H and O–H groups in total. The molecule has 0 spiro atoms. The van der Waals surface area contributed by atoms with Crippen molar-refractivity contribution in [2.45, 2.75) is 82.3 Å². The van der Waals surface area contributed by atoms with Crippen molar-refractivity contribution in [3.8, 4) is 0 Å². The number of halogens is 2. The summed E-state index contributed by atoms with van der Waals surface area (Å²) >= 11 is 1.35. The molecule has 0 radical (unpaired) electrons. The average Bonchev–Trinajstić information content (AvgIpc) is 3.59. The van der Waals surface area contributed by atoms with Gasteiger partial charge in [-0.3, -0.25) is 9.58 Å². The molecule has 0 atom stereocenters. The molecule has 6 rings (SSSR count). The van der Waals surface area contributed by atoms with Gasteiger partial charge in [-0.2, -0.15) is 19.4 Å². The molecule has 1 amide bonds. The Hall–Kier alpha value is -3.13. The summed E-state index contributed by atoms with van der Waals surface area (Å²) in [5.41, 5.74) is 1.62. The van der Waals surface area contributed by atoms with Gasteiger partial charge in [0.2, 0.25) is 11.9 Å². The van der Waals surface area contributed by atoms with Gasteiger partial charge in [-0.25, -0.2) is 13.6 Å². The summed E-state index contributed by atoms with van der Waals surface area (Å²) in [6.07, 6.45) is 8.14. The molecule has 3 aliphatic rings. The number of alkyl halides is 2. The van der Waals surface area contributed by atoms with E-state index in [0.717, 1.165) is 66.2 Å². The van der Waals surface area contributed by atoms with Gasteiger partial charge >= 0.3 is 6.09 Å². The number of anilines is 3. The molecule has 0 aromatic carbocycles. The number of methoxy groups -OCH3 is 1. The molecule has 11 nitrogen and oxygen atoms in total. The molecule has 0 unspecified atom stereocenters. The van der Waals surface area contributed by atoms with E-state index in [9.17, 15) is 13.6 Å². The van der Waals surface area contributed by atoms with Crippen LogP contribution in [0.15, 0.2) is 12.4 Å². The summed E-state index contributed by atoms with van der Waals surface area (Å²) in [5.74, 6) is -1.33. The highest BCUT2D eigenvalue weighted by molar-refractivity contribution is 7.13. The summed E-state index contributed by atoms with van der Waals surface area (Å²) in [6, 6.07) is 0.786. The lowest BCUT2D eigenvalue weighted by Crippen LogP contribution is -2.53. The Balaban J connectivity index is 1.09. The minimum Gasteiger partial charge on any atom is -0.453 e. The zero-order valence-corrected chi connectivity index (χ0v) is 24.3. The van der Waals surface area contributed by atoms with Crippen molar-refractivity contribution < 1.29 is 18.3 Å². The van der Waals surface area contributed by atoms with Crippen LogP contribution in [0.2, 0.25) is 0 Å². The van der Waals surface area contributed by atoms with Gasteiger partial charge in [0.1, 0.15) is 5.82 Å². The number of carbonyl (C=O) groups excluding carboxylic acids is 1. The Kier molecular flexibility index (Phi) is 7.94. The maximum Gasteiger partial charge on any atom is 0.409 e. The number of amides is 1. The Morgan fingerprint density at radius 1 is 1.05 bits per heavy atom. The largest absolute Gasteiger partial charge is 0.453 e. The fourth-order valence-electron chi connectivity index (χ4n) is 6.35. The second-order valence-corrected chi connectivity index (χ2v) is 12.2. The number of hydrogen-bond acceptors (Lipinski definition) is 10. The van der Waals surface area contributed by atoms with Gasteiger partial charge in [0.15, 0.2) is 4.83 Å². The molecule has 2 aliphatic carbocycles. The van der Waals surface area contributed by atoms with E-state index in [-0.39, 0.29) is 25.0 Å². The third-order valence-electron chi connectivity index (χ3n) is 8.73. The second kappa shape index (κ2) is 11.6. The first-order valence-corrected chi connectivity index (χ1v) is 15.2. The molecule has 3 aromatic heterocycles. The number of ether oxygens (including phenoxy) is 1. The van der Waals surface area contributed by atoms with Crippen molar-refractivity contribution in [1.29, 1.82) is 0 Å². The first kappa shape index (κ1) is 28.0. The van der Waals surface area contributed by atoms with E-state index in [1.165, 1.54) is 18.6 Å². The number of aromatic nitrogens is 5. The molecule has 3 fully saturated rings. The molecule has 14 heteroatoms. The third kappa shape index (κ3) is 6.22. The van der Waals surface area contributed by atoms with Crippen LogP contribution in [0.25, 0.3) is 10.2 Å². The quantitative estimate of drug-likeness (QED) is 0.401. The van der Waals surface area contributed by atoms with Crippen LogP contribution in [0.5, 0.6) is 0 Å². The highest BCUT2D eigenvalue weighted by Gasteiger charge is 2.36. The molecular weight excluding hydrogens is 552 g/mol. The zero-order valence-electron chi connectivity index (χ0n) is 23.5. The molecule has 1 aliphatic heterocycles. The fraction of sp³-hybridized carbons (Fsp3) is 0.667. The van der Waals surface area contributed by atoms with E-state index in [4.69, 9.17) is 14.7 Å². The van der Waals surface area contributed by atoms with Gasteiger partial charge in [0.25, 0.3) is 0 Å². The van der Waals surface area contributed by atoms with E-state index < -0.39 is 5.92 Å². The Morgan fingerprint density at radius 3 is 2.49 bits per heavy atom. The number of nitrogens with zero attached hydrogens (tertiary/aromatic N) is 7. The maximum absolute atomic E-state index is 13.6. The second-order valence-electron chi connectivity index (χ2n) is 11.4. The number of nitrogens with one attached hydrogen (secondary N) is 2. The van der Waals surface area contributed by atoms with Gasteiger partial charge in [-0.05, 0) is 57.0 Å². The van der Waals surface area contributed by atoms with Gasteiger partial charge in [-0.1, -0.05) is 0 Å². The Morgan fingerprint density at radius 2 is 1.78 bits per heavy atom. The predicted molar refractivity (Wildman–Crippen MR) is 153 cm³/mol. The van der Waals surface area contributed by atoms with Crippen LogP contribution in [0.1, 0.15) is 63.1 Å². The molecular formula is C27H37F2N9O2S. The van der Waals surface area contributed by atoms with Crippen LogP contribution in [0, 0.1) is 6.92 Å². The number of fused-ring (bicyclic) bond motifs is 1. The van der Waals surface area contributed by atoms with E-state index in [1.54, 1.807) is 15.8 Å². The van der Waals surface area contributed by atoms with E-state index in [1.807, 2.05) is 13.1 Å². The Bertz CT molecular complexity index is 1360. The van der Waals surface area contributed by atoms with Crippen molar-refractivity contribution in [2.24, 2.45) is 0 Å². The van der Waals surface area contributed by atoms with Gasteiger partial charge in [0, 0.05) is 57.3 Å². The molecule has 41 heavy (non-hydrogen) atoms. The monoisotopic (exact) mass is 589 g/mol. The topological polar surface area (TPSA) is 113 Å². The summed E-state index contributed by atoms with van der Waals surface area (Å²) in [6.45, 7) is 5.15. The minimum absolute atomic E-state index is 0.0261. The van der Waals surface area contributed by atoms with Crippen molar-refractivity contribution >= 4 is 45.3 Å². The lowest BCUT2D eigenvalue weighted by Gasteiger charge is -2.41. The molecule has 222 valence electrons. The number of aryl methyl sites for hydroxylation is 1. The number of rotatable bonds is 6. The van der Waals surface area contributed by atoms with Crippen LogP contribution in [0.3, 0.4) is 0 Å². The van der Waals surface area contributed by atoms with E-state index in [0.29, 0.717) is 44.0 Å². The number of piperazine rings is 1. The van der Waals surface area contributed by atoms with Crippen LogP contribution in [-0.4, -0.2) is 91.3 Å². The lowest BCUT2D eigenvalue weighted by atomic mass is 9.89. The predicted octanol–water partition coefficient (Wildman–Crippen LogP) is 5.19. The molecule has 2 saturated carbocycles. The lowest BCUT2D eigenvalue weighted by molar-refractivity contribution is -0.0449. The molecule has 0 bridgehead atoms. The normalized spacial score (nSPS) is 24.0. The number of carbonyl (C=O) groups is 1. The summed E-state index contributed by atoms with van der Waals surface area (Å²) in [5, 5.41) is 12.3. The van der Waals surface area contributed by atoms with Crippen molar-refractivity contribution in [2.75, 3.05) is 43.9 Å². The smallest absolute Gasteiger partial charge is 0.409 e. The summed E-state index contributed by atoms with van der Waals surface area (Å²) in [7, 11) is 1.43. The minimum atomic E-state index is -2.56. The average molecular weight is 590 g/mol. The Labute approximate surface area is 241 Å². The summed E-state index contributed by atoms with van der Waals surface area (Å²) < 4.78 is 38.3.